The topological polar surface area (TPSA) is 113 Å². The summed E-state index contributed by atoms with van der Waals surface area (Å²) in [5, 5.41) is 11.1. The van der Waals surface area contributed by atoms with Gasteiger partial charge in [0.2, 0.25) is 15.9 Å². The SMILES string of the molecule is O=C(O)CCS(=O)(=O)NCCC(=O)NC1CC1. The van der Waals surface area contributed by atoms with Crippen LogP contribution in [0.1, 0.15) is 25.7 Å². The lowest BCUT2D eigenvalue weighted by molar-refractivity contribution is -0.136. The molecule has 0 aromatic heterocycles. The highest BCUT2D eigenvalue weighted by Gasteiger charge is 2.23. The Bertz CT molecular complexity index is 388. The number of carbonyl (C=O) groups excluding carboxylic acids is 1. The predicted octanol–water partition coefficient (Wildman–Crippen LogP) is -0.951. The predicted molar refractivity (Wildman–Crippen MR) is 59.8 cm³/mol. The molecule has 98 valence electrons. The van der Waals surface area contributed by atoms with Gasteiger partial charge in [0.05, 0.1) is 12.2 Å². The molecule has 8 heteroatoms. The monoisotopic (exact) mass is 264 g/mol. The molecule has 0 spiro atoms. The Labute approximate surface area is 99.6 Å². The van der Waals surface area contributed by atoms with Crippen molar-refractivity contribution in [2.45, 2.75) is 31.7 Å². The summed E-state index contributed by atoms with van der Waals surface area (Å²) >= 11 is 0. The van der Waals surface area contributed by atoms with Crippen LogP contribution >= 0.6 is 0 Å². The fourth-order valence-electron chi connectivity index (χ4n) is 1.14. The number of rotatable bonds is 8. The van der Waals surface area contributed by atoms with Gasteiger partial charge in [-0.3, -0.25) is 9.59 Å². The fraction of sp³-hybridized carbons (Fsp3) is 0.778. The Morgan fingerprint density at radius 2 is 1.88 bits per heavy atom. The Balaban J connectivity index is 2.15. The van der Waals surface area contributed by atoms with Crippen LogP contribution in [0.4, 0.5) is 0 Å². The Morgan fingerprint density at radius 3 is 2.41 bits per heavy atom. The van der Waals surface area contributed by atoms with E-state index in [1.54, 1.807) is 0 Å². The first-order valence-electron chi connectivity index (χ1n) is 5.37. The third-order valence-electron chi connectivity index (χ3n) is 2.20. The van der Waals surface area contributed by atoms with E-state index in [9.17, 15) is 18.0 Å². The van der Waals surface area contributed by atoms with Crippen LogP contribution in [0.3, 0.4) is 0 Å². The van der Waals surface area contributed by atoms with Crippen LogP contribution in [0.5, 0.6) is 0 Å². The summed E-state index contributed by atoms with van der Waals surface area (Å²) in [5.41, 5.74) is 0. The lowest BCUT2D eigenvalue weighted by Gasteiger charge is -2.05. The number of hydrogen-bond donors (Lipinski definition) is 3. The van der Waals surface area contributed by atoms with Crippen molar-refractivity contribution in [2.24, 2.45) is 0 Å². The van der Waals surface area contributed by atoms with Crippen molar-refractivity contribution in [1.29, 1.82) is 0 Å². The minimum absolute atomic E-state index is 0.000502. The van der Waals surface area contributed by atoms with Crippen molar-refractivity contribution in [3.63, 3.8) is 0 Å². The highest BCUT2D eigenvalue weighted by Crippen LogP contribution is 2.18. The van der Waals surface area contributed by atoms with Gasteiger partial charge in [-0.2, -0.15) is 0 Å². The summed E-state index contributed by atoms with van der Waals surface area (Å²) < 4.78 is 24.7. The normalized spacial score (nSPS) is 15.5. The number of hydrogen-bond acceptors (Lipinski definition) is 4. The second-order valence-corrected chi connectivity index (χ2v) is 5.88. The summed E-state index contributed by atoms with van der Waals surface area (Å²) in [7, 11) is -3.60. The van der Waals surface area contributed by atoms with Crippen LogP contribution in [-0.4, -0.2) is 43.7 Å². The molecule has 0 atom stereocenters. The van der Waals surface area contributed by atoms with Crippen molar-refractivity contribution < 1.29 is 23.1 Å². The zero-order valence-corrected chi connectivity index (χ0v) is 10.1. The quantitative estimate of drug-likeness (QED) is 0.523. The summed E-state index contributed by atoms with van der Waals surface area (Å²) in [6, 6.07) is 0.256. The van der Waals surface area contributed by atoms with E-state index in [2.05, 4.69) is 10.0 Å². The maximum atomic E-state index is 11.2. The molecule has 0 aromatic carbocycles. The van der Waals surface area contributed by atoms with Crippen molar-refractivity contribution in [1.82, 2.24) is 10.0 Å². The second-order valence-electron chi connectivity index (χ2n) is 3.95. The Hall–Kier alpha value is -1.15. The molecule has 1 aliphatic carbocycles. The minimum Gasteiger partial charge on any atom is -0.481 e. The Morgan fingerprint density at radius 1 is 1.24 bits per heavy atom. The van der Waals surface area contributed by atoms with Gasteiger partial charge in [-0.25, -0.2) is 13.1 Å². The second kappa shape index (κ2) is 5.97. The number of carboxylic acid groups (broad SMARTS) is 1. The molecular formula is C9H16N2O5S. The van der Waals surface area contributed by atoms with Crippen molar-refractivity contribution >= 4 is 21.9 Å². The largest absolute Gasteiger partial charge is 0.481 e. The van der Waals surface area contributed by atoms with E-state index in [0.29, 0.717) is 0 Å². The lowest BCUT2D eigenvalue weighted by atomic mass is 10.4. The van der Waals surface area contributed by atoms with Gasteiger partial charge in [0, 0.05) is 19.0 Å². The smallest absolute Gasteiger partial charge is 0.304 e. The molecule has 0 aromatic rings. The van der Waals surface area contributed by atoms with Gasteiger partial charge < -0.3 is 10.4 Å². The Kier molecular flexibility index (Phi) is 4.88. The number of nitrogens with one attached hydrogen (secondary N) is 2. The zero-order chi connectivity index (χ0) is 12.9. The van der Waals surface area contributed by atoms with Crippen LogP contribution in [0.25, 0.3) is 0 Å². The fourth-order valence-corrected chi connectivity index (χ4v) is 2.14. The van der Waals surface area contributed by atoms with Crippen LogP contribution in [0.2, 0.25) is 0 Å². The molecule has 0 radical (unpaired) electrons. The standard InChI is InChI=1S/C9H16N2O5S/c12-8(11-7-1-2-7)3-5-10-17(15,16)6-4-9(13)14/h7,10H,1-6H2,(H,11,12)(H,13,14). The lowest BCUT2D eigenvalue weighted by Crippen LogP contribution is -2.33. The number of carboxylic acids is 1. The van der Waals surface area contributed by atoms with E-state index in [1.807, 2.05) is 0 Å². The van der Waals surface area contributed by atoms with Gasteiger partial charge in [0.1, 0.15) is 0 Å². The molecular weight excluding hydrogens is 248 g/mol. The van der Waals surface area contributed by atoms with E-state index in [0.717, 1.165) is 12.8 Å². The van der Waals surface area contributed by atoms with Gasteiger partial charge in [0.15, 0.2) is 0 Å². The average molecular weight is 264 g/mol. The van der Waals surface area contributed by atoms with Gasteiger partial charge in [-0.15, -0.1) is 0 Å². The molecule has 0 bridgehead atoms. The van der Waals surface area contributed by atoms with Gasteiger partial charge in [-0.05, 0) is 12.8 Å². The molecule has 0 heterocycles. The summed E-state index contributed by atoms with van der Waals surface area (Å²) in [6.07, 6.45) is 1.60. The maximum absolute atomic E-state index is 11.2. The third-order valence-corrected chi connectivity index (χ3v) is 3.59. The van der Waals surface area contributed by atoms with Crippen molar-refractivity contribution in [2.75, 3.05) is 12.3 Å². The minimum atomic E-state index is -3.60. The number of sulfonamides is 1. The molecule has 1 aliphatic rings. The molecule has 0 aliphatic heterocycles. The van der Waals surface area contributed by atoms with Gasteiger partial charge in [0.25, 0.3) is 0 Å². The summed E-state index contributed by atoms with van der Waals surface area (Å²) in [4.78, 5) is 21.4. The molecule has 17 heavy (non-hydrogen) atoms. The highest BCUT2D eigenvalue weighted by atomic mass is 32.2. The van der Waals surface area contributed by atoms with E-state index < -0.39 is 28.2 Å². The summed E-state index contributed by atoms with van der Waals surface area (Å²) in [5.74, 6) is -1.82. The van der Waals surface area contributed by atoms with Crippen LogP contribution in [0, 0.1) is 0 Å². The molecule has 1 fully saturated rings. The molecule has 7 nitrogen and oxygen atoms in total. The molecule has 0 saturated heterocycles. The van der Waals surface area contributed by atoms with E-state index in [1.165, 1.54) is 0 Å². The van der Waals surface area contributed by atoms with E-state index in [-0.39, 0.29) is 24.9 Å². The number of aliphatic carboxylic acids is 1. The molecule has 1 amide bonds. The molecule has 0 unspecified atom stereocenters. The maximum Gasteiger partial charge on any atom is 0.304 e. The first kappa shape index (κ1) is 13.9. The summed E-state index contributed by atoms with van der Waals surface area (Å²) in [6.45, 7) is 0.000502. The average Bonchev–Trinajstić information content (AvgIpc) is 2.98. The molecule has 1 rings (SSSR count). The van der Waals surface area contributed by atoms with E-state index in [4.69, 9.17) is 5.11 Å². The van der Waals surface area contributed by atoms with Crippen LogP contribution < -0.4 is 10.0 Å². The molecule has 3 N–H and O–H groups in total. The zero-order valence-electron chi connectivity index (χ0n) is 9.31. The van der Waals surface area contributed by atoms with E-state index >= 15 is 0 Å². The first-order chi connectivity index (χ1) is 7.89. The van der Waals surface area contributed by atoms with Crippen LogP contribution in [-0.2, 0) is 19.6 Å². The van der Waals surface area contributed by atoms with Crippen molar-refractivity contribution in [3.05, 3.63) is 0 Å². The third kappa shape index (κ3) is 6.90. The van der Waals surface area contributed by atoms with Crippen LogP contribution in [0.15, 0.2) is 0 Å². The molecule has 1 saturated carbocycles. The first-order valence-corrected chi connectivity index (χ1v) is 7.03. The van der Waals surface area contributed by atoms with Gasteiger partial charge in [-0.1, -0.05) is 0 Å². The highest BCUT2D eigenvalue weighted by molar-refractivity contribution is 7.89. The van der Waals surface area contributed by atoms with Gasteiger partial charge >= 0.3 is 5.97 Å². The number of amides is 1. The number of carbonyl (C=O) groups is 2. The van der Waals surface area contributed by atoms with Crippen molar-refractivity contribution in [3.8, 4) is 0 Å².